The topological polar surface area (TPSA) is 69.2 Å². The lowest BCUT2D eigenvalue weighted by molar-refractivity contribution is 0.237. The van der Waals surface area contributed by atoms with Crippen LogP contribution in [0.4, 0.5) is 4.39 Å². The summed E-state index contributed by atoms with van der Waals surface area (Å²) in [4.78, 5) is 21.3. The maximum absolute atomic E-state index is 13.4. The van der Waals surface area contributed by atoms with Crippen LogP contribution in [0.2, 0.25) is 0 Å². The van der Waals surface area contributed by atoms with Crippen molar-refractivity contribution in [3.8, 4) is 5.75 Å². The number of phenols is 1. The lowest BCUT2D eigenvalue weighted by Crippen LogP contribution is -2.35. The quantitative estimate of drug-likeness (QED) is 0.667. The third-order valence-corrected chi connectivity index (χ3v) is 4.36. The average molecular weight is 321 g/mol. The highest BCUT2D eigenvalue weighted by molar-refractivity contribution is 7.98. The fourth-order valence-corrected chi connectivity index (χ4v) is 3.01. The zero-order valence-corrected chi connectivity index (χ0v) is 12.9. The number of halogens is 1. The van der Waals surface area contributed by atoms with Gasteiger partial charge >= 0.3 is 0 Å². The van der Waals surface area contributed by atoms with Crippen molar-refractivity contribution in [3.63, 3.8) is 0 Å². The van der Waals surface area contributed by atoms with Crippen LogP contribution in [0.3, 0.4) is 0 Å². The van der Waals surface area contributed by atoms with Gasteiger partial charge in [0.2, 0.25) is 0 Å². The number of benzene rings is 1. The molecule has 2 heterocycles. The lowest BCUT2D eigenvalue weighted by atomic mass is 10.1. The van der Waals surface area contributed by atoms with Crippen molar-refractivity contribution in [3.05, 3.63) is 51.2 Å². The molecule has 2 N–H and O–H groups in total. The Balaban J connectivity index is 1.83. The molecule has 0 amide bonds. The van der Waals surface area contributed by atoms with E-state index in [-0.39, 0.29) is 11.3 Å². The summed E-state index contributed by atoms with van der Waals surface area (Å²) in [6, 6.07) is 4.48. The Bertz CT molecular complexity index is 763. The Morgan fingerprint density at radius 3 is 3.09 bits per heavy atom. The third kappa shape index (κ3) is 2.86. The zero-order valence-electron chi connectivity index (χ0n) is 12.1. The molecular weight excluding hydrogens is 305 g/mol. The van der Waals surface area contributed by atoms with Crippen molar-refractivity contribution >= 4 is 11.8 Å². The average Bonchev–Trinajstić information content (AvgIpc) is 2.52. The maximum Gasteiger partial charge on any atom is 0.256 e. The molecule has 1 aromatic carbocycles. The van der Waals surface area contributed by atoms with Gasteiger partial charge < -0.3 is 10.1 Å². The van der Waals surface area contributed by atoms with E-state index in [0.717, 1.165) is 5.69 Å². The molecule has 7 heteroatoms. The van der Waals surface area contributed by atoms with E-state index in [1.165, 1.54) is 17.8 Å². The Morgan fingerprint density at radius 2 is 2.32 bits per heavy atom. The van der Waals surface area contributed by atoms with Gasteiger partial charge in [-0.15, -0.1) is 0 Å². The largest absolute Gasteiger partial charge is 0.505 e. The number of hydrogen-bond donors (Lipinski definition) is 2. The number of hydrogen-bond acceptors (Lipinski definition) is 5. The predicted molar refractivity (Wildman–Crippen MR) is 82.5 cm³/mol. The summed E-state index contributed by atoms with van der Waals surface area (Å²) < 4.78 is 13.4. The van der Waals surface area contributed by atoms with Crippen LogP contribution < -0.4 is 5.56 Å². The molecule has 0 bridgehead atoms. The van der Waals surface area contributed by atoms with Crippen LogP contribution in [0.5, 0.6) is 5.75 Å². The van der Waals surface area contributed by atoms with E-state index >= 15 is 0 Å². The predicted octanol–water partition coefficient (Wildman–Crippen LogP) is 1.89. The van der Waals surface area contributed by atoms with Gasteiger partial charge in [-0.05, 0) is 12.3 Å². The summed E-state index contributed by atoms with van der Waals surface area (Å²) in [6.45, 7) is 1.56. The highest BCUT2D eigenvalue weighted by Crippen LogP contribution is 2.24. The van der Waals surface area contributed by atoms with Gasteiger partial charge in [0.15, 0.2) is 16.7 Å². The van der Waals surface area contributed by atoms with Crippen LogP contribution in [-0.4, -0.2) is 32.8 Å². The van der Waals surface area contributed by atoms with Gasteiger partial charge in [-0.25, -0.2) is 9.37 Å². The maximum atomic E-state index is 13.4. The van der Waals surface area contributed by atoms with Crippen molar-refractivity contribution in [2.45, 2.75) is 24.7 Å². The normalized spacial score (nSPS) is 14.8. The van der Waals surface area contributed by atoms with Gasteiger partial charge in [0, 0.05) is 31.6 Å². The highest BCUT2D eigenvalue weighted by Gasteiger charge is 2.22. The number of aromatic hydroxyl groups is 1. The third-order valence-electron chi connectivity index (χ3n) is 3.78. The number of fused-ring (bicyclic) bond motifs is 1. The SMILES string of the molecule is CSc1nc2c(c(=O)[nH]1)CN(Cc1cccc(F)c1O)CC2. The molecule has 116 valence electrons. The molecule has 0 atom stereocenters. The summed E-state index contributed by atoms with van der Waals surface area (Å²) >= 11 is 1.41. The summed E-state index contributed by atoms with van der Waals surface area (Å²) in [5.41, 5.74) is 1.88. The molecule has 1 aliphatic heterocycles. The number of aromatic amines is 1. The smallest absolute Gasteiger partial charge is 0.256 e. The monoisotopic (exact) mass is 321 g/mol. The molecule has 2 aromatic rings. The molecule has 22 heavy (non-hydrogen) atoms. The number of thioether (sulfide) groups is 1. The minimum absolute atomic E-state index is 0.123. The number of aromatic nitrogens is 2. The molecule has 1 aliphatic rings. The Labute approximate surface area is 131 Å². The minimum atomic E-state index is -0.626. The fraction of sp³-hybridized carbons (Fsp3) is 0.333. The van der Waals surface area contributed by atoms with E-state index in [0.29, 0.717) is 42.3 Å². The van der Waals surface area contributed by atoms with E-state index in [9.17, 15) is 14.3 Å². The van der Waals surface area contributed by atoms with Gasteiger partial charge in [-0.2, -0.15) is 0 Å². The zero-order chi connectivity index (χ0) is 15.7. The molecule has 0 unspecified atom stereocenters. The van der Waals surface area contributed by atoms with Gasteiger partial charge in [0.05, 0.1) is 11.3 Å². The van der Waals surface area contributed by atoms with Gasteiger partial charge in [0.25, 0.3) is 5.56 Å². The summed E-state index contributed by atoms with van der Waals surface area (Å²) in [5.74, 6) is -0.947. The summed E-state index contributed by atoms with van der Waals surface area (Å²) in [7, 11) is 0. The lowest BCUT2D eigenvalue weighted by Gasteiger charge is -2.27. The first-order chi connectivity index (χ1) is 10.6. The molecule has 0 spiro atoms. The summed E-state index contributed by atoms with van der Waals surface area (Å²) in [5, 5.41) is 10.4. The first-order valence-corrected chi connectivity index (χ1v) is 8.15. The Morgan fingerprint density at radius 1 is 1.50 bits per heavy atom. The molecule has 0 aliphatic carbocycles. The number of nitrogens with zero attached hydrogens (tertiary/aromatic N) is 2. The van der Waals surface area contributed by atoms with Crippen LogP contribution in [0, 0.1) is 5.82 Å². The van der Waals surface area contributed by atoms with E-state index in [4.69, 9.17) is 0 Å². The van der Waals surface area contributed by atoms with Crippen molar-refractivity contribution in [1.29, 1.82) is 0 Å². The first kappa shape index (κ1) is 15.1. The molecule has 0 radical (unpaired) electrons. The number of nitrogens with one attached hydrogen (secondary N) is 1. The number of phenolic OH excluding ortho intramolecular Hbond substituents is 1. The van der Waals surface area contributed by atoms with E-state index < -0.39 is 5.82 Å². The first-order valence-electron chi connectivity index (χ1n) is 6.93. The molecule has 3 rings (SSSR count). The van der Waals surface area contributed by atoms with Crippen LogP contribution in [0.1, 0.15) is 16.8 Å². The minimum Gasteiger partial charge on any atom is -0.505 e. The molecule has 0 saturated carbocycles. The number of H-pyrrole nitrogens is 1. The van der Waals surface area contributed by atoms with Gasteiger partial charge in [0.1, 0.15) is 0 Å². The number of rotatable bonds is 3. The van der Waals surface area contributed by atoms with Crippen LogP contribution in [0.15, 0.2) is 28.2 Å². The van der Waals surface area contributed by atoms with Crippen molar-refractivity contribution in [2.24, 2.45) is 0 Å². The second-order valence-corrected chi connectivity index (χ2v) is 6.00. The van der Waals surface area contributed by atoms with E-state index in [2.05, 4.69) is 9.97 Å². The standard InChI is InChI=1S/C15H16FN3O2S/c1-22-15-17-12-5-6-19(8-10(12)14(21)18-15)7-9-3-2-4-11(16)13(9)20/h2-4,20H,5-8H2,1H3,(H,17,18,21). The molecule has 1 aromatic heterocycles. The van der Waals surface area contributed by atoms with Crippen LogP contribution >= 0.6 is 11.8 Å². The molecular formula is C15H16FN3O2S. The second kappa shape index (κ2) is 6.10. The van der Waals surface area contributed by atoms with Crippen molar-refractivity contribution in [2.75, 3.05) is 12.8 Å². The van der Waals surface area contributed by atoms with Gasteiger partial charge in [-0.3, -0.25) is 9.69 Å². The highest BCUT2D eigenvalue weighted by atomic mass is 32.2. The van der Waals surface area contributed by atoms with Crippen LogP contribution in [-0.2, 0) is 19.5 Å². The fourth-order valence-electron chi connectivity index (χ4n) is 2.62. The van der Waals surface area contributed by atoms with E-state index in [1.807, 2.05) is 11.2 Å². The van der Waals surface area contributed by atoms with Crippen molar-refractivity contribution in [1.82, 2.24) is 14.9 Å². The van der Waals surface area contributed by atoms with Crippen molar-refractivity contribution < 1.29 is 9.50 Å². The Kier molecular flexibility index (Phi) is 4.17. The van der Waals surface area contributed by atoms with Crippen LogP contribution in [0.25, 0.3) is 0 Å². The summed E-state index contributed by atoms with van der Waals surface area (Å²) in [6.07, 6.45) is 2.54. The molecule has 0 fully saturated rings. The molecule has 5 nitrogen and oxygen atoms in total. The van der Waals surface area contributed by atoms with Gasteiger partial charge in [-0.1, -0.05) is 23.9 Å². The Hall–Kier alpha value is -1.86. The van der Waals surface area contributed by atoms with E-state index in [1.54, 1.807) is 12.1 Å². The number of para-hydroxylation sites is 1. The molecule has 0 saturated heterocycles. The second-order valence-electron chi connectivity index (χ2n) is 5.21.